The Morgan fingerprint density at radius 3 is 2.43 bits per heavy atom. The van der Waals surface area contributed by atoms with E-state index in [2.05, 4.69) is 0 Å². The molecular formula is C16H18N2O3. The van der Waals surface area contributed by atoms with E-state index in [0.29, 0.717) is 30.8 Å². The third-order valence-electron chi connectivity index (χ3n) is 4.04. The van der Waals surface area contributed by atoms with Crippen molar-refractivity contribution in [2.24, 2.45) is 11.8 Å². The van der Waals surface area contributed by atoms with E-state index in [1.165, 1.54) is 4.90 Å². The maximum absolute atomic E-state index is 12.2. The average molecular weight is 286 g/mol. The van der Waals surface area contributed by atoms with E-state index < -0.39 is 0 Å². The zero-order valence-corrected chi connectivity index (χ0v) is 11.7. The van der Waals surface area contributed by atoms with Gasteiger partial charge in [-0.1, -0.05) is 18.2 Å². The molecule has 0 spiro atoms. The van der Waals surface area contributed by atoms with Gasteiger partial charge in [-0.15, -0.1) is 0 Å². The highest BCUT2D eigenvalue weighted by molar-refractivity contribution is 6.05. The van der Waals surface area contributed by atoms with Gasteiger partial charge < -0.3 is 10.5 Å². The van der Waals surface area contributed by atoms with Crippen LogP contribution in [0.25, 0.3) is 0 Å². The van der Waals surface area contributed by atoms with Crippen molar-refractivity contribution in [3.8, 4) is 5.75 Å². The minimum atomic E-state index is -0.171. The number of hydrogen-bond acceptors (Lipinski definition) is 4. The van der Waals surface area contributed by atoms with Crippen molar-refractivity contribution in [2.75, 3.05) is 18.9 Å². The molecule has 1 saturated heterocycles. The smallest absolute Gasteiger partial charge is 0.233 e. The van der Waals surface area contributed by atoms with Gasteiger partial charge in [0.15, 0.2) is 0 Å². The van der Waals surface area contributed by atoms with Gasteiger partial charge in [0.1, 0.15) is 12.4 Å². The summed E-state index contributed by atoms with van der Waals surface area (Å²) >= 11 is 0. The maximum atomic E-state index is 12.2. The number of ether oxygens (including phenoxy) is 1. The SMILES string of the molecule is Nc1cccc(OCCN2C(=O)C3CC=CCC3C2=O)c1. The van der Waals surface area contributed by atoms with E-state index in [-0.39, 0.29) is 30.3 Å². The Morgan fingerprint density at radius 2 is 1.81 bits per heavy atom. The minimum absolute atomic E-state index is 0.0643. The zero-order valence-electron chi connectivity index (χ0n) is 11.7. The van der Waals surface area contributed by atoms with Gasteiger partial charge >= 0.3 is 0 Å². The Bertz CT molecular complexity index is 571. The normalized spacial score (nSPS) is 24.3. The lowest BCUT2D eigenvalue weighted by atomic mass is 9.85. The second kappa shape index (κ2) is 5.60. The highest BCUT2D eigenvalue weighted by Crippen LogP contribution is 2.34. The molecule has 3 rings (SSSR count). The topological polar surface area (TPSA) is 72.6 Å². The van der Waals surface area contributed by atoms with Gasteiger partial charge in [0.25, 0.3) is 0 Å². The Balaban J connectivity index is 1.58. The molecule has 0 aromatic heterocycles. The number of benzene rings is 1. The van der Waals surface area contributed by atoms with Gasteiger partial charge in [-0.2, -0.15) is 0 Å². The molecule has 110 valence electrons. The second-order valence-corrected chi connectivity index (χ2v) is 5.40. The van der Waals surface area contributed by atoms with Crippen molar-refractivity contribution in [3.05, 3.63) is 36.4 Å². The first kappa shape index (κ1) is 13.7. The number of amides is 2. The number of hydrogen-bond donors (Lipinski definition) is 1. The molecule has 5 nitrogen and oxygen atoms in total. The molecule has 21 heavy (non-hydrogen) atoms. The van der Waals surface area contributed by atoms with E-state index >= 15 is 0 Å². The summed E-state index contributed by atoms with van der Waals surface area (Å²) < 4.78 is 5.56. The first-order valence-electron chi connectivity index (χ1n) is 7.15. The third-order valence-corrected chi connectivity index (χ3v) is 4.04. The van der Waals surface area contributed by atoms with E-state index in [1.54, 1.807) is 24.3 Å². The van der Waals surface area contributed by atoms with Crippen LogP contribution >= 0.6 is 0 Å². The number of likely N-dealkylation sites (tertiary alicyclic amines) is 1. The van der Waals surface area contributed by atoms with E-state index in [9.17, 15) is 9.59 Å². The number of allylic oxidation sites excluding steroid dienone is 2. The standard InChI is InChI=1S/C16H18N2O3/c17-11-4-3-5-12(10-11)21-9-8-18-15(19)13-6-1-2-7-14(13)16(18)20/h1-5,10,13-14H,6-9,17H2. The van der Waals surface area contributed by atoms with Crippen LogP contribution in [0.5, 0.6) is 5.75 Å². The van der Waals surface area contributed by atoms with Crippen LogP contribution in [0.2, 0.25) is 0 Å². The fourth-order valence-electron chi connectivity index (χ4n) is 2.95. The molecule has 0 saturated carbocycles. The zero-order chi connectivity index (χ0) is 14.8. The van der Waals surface area contributed by atoms with E-state index in [4.69, 9.17) is 10.5 Å². The first-order valence-corrected chi connectivity index (χ1v) is 7.15. The number of nitrogens with zero attached hydrogens (tertiary/aromatic N) is 1. The number of carbonyl (C=O) groups is 2. The highest BCUT2D eigenvalue weighted by atomic mass is 16.5. The van der Waals surface area contributed by atoms with Crippen molar-refractivity contribution in [1.82, 2.24) is 4.90 Å². The van der Waals surface area contributed by atoms with Gasteiger partial charge in [-0.05, 0) is 25.0 Å². The van der Waals surface area contributed by atoms with Gasteiger partial charge in [0.2, 0.25) is 11.8 Å². The van der Waals surface area contributed by atoms with Crippen molar-refractivity contribution in [3.63, 3.8) is 0 Å². The lowest BCUT2D eigenvalue weighted by Gasteiger charge is -2.15. The molecule has 1 aliphatic carbocycles. The Hall–Kier alpha value is -2.30. The largest absolute Gasteiger partial charge is 0.492 e. The fraction of sp³-hybridized carbons (Fsp3) is 0.375. The molecule has 2 unspecified atom stereocenters. The molecule has 1 aliphatic heterocycles. The summed E-state index contributed by atoms with van der Waals surface area (Å²) in [5.74, 6) is 0.175. The van der Waals surface area contributed by atoms with Crippen molar-refractivity contribution in [2.45, 2.75) is 12.8 Å². The van der Waals surface area contributed by atoms with Crippen LogP contribution in [-0.2, 0) is 9.59 Å². The molecule has 5 heteroatoms. The molecule has 2 aliphatic rings. The number of nitrogens with two attached hydrogens (primary N) is 1. The maximum Gasteiger partial charge on any atom is 0.233 e. The van der Waals surface area contributed by atoms with Crippen LogP contribution in [0.15, 0.2) is 36.4 Å². The molecule has 1 fully saturated rings. The third kappa shape index (κ3) is 2.63. The monoisotopic (exact) mass is 286 g/mol. The molecule has 1 aromatic rings. The summed E-state index contributed by atoms with van der Waals surface area (Å²) in [4.78, 5) is 25.8. The summed E-state index contributed by atoms with van der Waals surface area (Å²) in [5, 5.41) is 0. The number of imide groups is 1. The number of anilines is 1. The quantitative estimate of drug-likeness (QED) is 0.518. The second-order valence-electron chi connectivity index (χ2n) is 5.40. The van der Waals surface area contributed by atoms with Crippen LogP contribution in [0.3, 0.4) is 0 Å². The van der Waals surface area contributed by atoms with E-state index in [1.807, 2.05) is 12.2 Å². The molecule has 1 heterocycles. The molecule has 2 atom stereocenters. The van der Waals surface area contributed by atoms with Crippen LogP contribution in [0.4, 0.5) is 5.69 Å². The molecule has 2 N–H and O–H groups in total. The van der Waals surface area contributed by atoms with Crippen molar-refractivity contribution >= 4 is 17.5 Å². The lowest BCUT2D eigenvalue weighted by Crippen LogP contribution is -2.34. The first-order chi connectivity index (χ1) is 10.2. The lowest BCUT2D eigenvalue weighted by molar-refractivity contribution is -0.140. The minimum Gasteiger partial charge on any atom is -0.492 e. The van der Waals surface area contributed by atoms with Crippen LogP contribution in [-0.4, -0.2) is 29.9 Å². The Kier molecular flexibility index (Phi) is 3.64. The molecule has 0 radical (unpaired) electrons. The van der Waals surface area contributed by atoms with Crippen molar-refractivity contribution < 1.29 is 14.3 Å². The summed E-state index contributed by atoms with van der Waals surface area (Å²) in [6.45, 7) is 0.577. The van der Waals surface area contributed by atoms with E-state index in [0.717, 1.165) is 0 Å². The van der Waals surface area contributed by atoms with Crippen LogP contribution < -0.4 is 10.5 Å². The van der Waals surface area contributed by atoms with Crippen molar-refractivity contribution in [1.29, 1.82) is 0 Å². The number of nitrogen functional groups attached to an aromatic ring is 1. The summed E-state index contributed by atoms with van der Waals surface area (Å²) in [5.41, 5.74) is 6.29. The average Bonchev–Trinajstić information content (AvgIpc) is 2.73. The predicted molar refractivity (Wildman–Crippen MR) is 78.4 cm³/mol. The van der Waals surface area contributed by atoms with Crippen LogP contribution in [0, 0.1) is 11.8 Å². The Labute approximate surface area is 123 Å². The summed E-state index contributed by atoms with van der Waals surface area (Å²) in [6.07, 6.45) is 5.31. The van der Waals surface area contributed by atoms with Crippen LogP contribution in [0.1, 0.15) is 12.8 Å². The summed E-state index contributed by atoms with van der Waals surface area (Å²) in [7, 11) is 0. The summed E-state index contributed by atoms with van der Waals surface area (Å²) in [6, 6.07) is 7.10. The molecule has 0 bridgehead atoms. The molecule has 2 amide bonds. The molecular weight excluding hydrogens is 268 g/mol. The predicted octanol–water partition coefficient (Wildman–Crippen LogP) is 1.60. The van der Waals surface area contributed by atoms with Gasteiger partial charge in [0, 0.05) is 11.8 Å². The highest BCUT2D eigenvalue weighted by Gasteiger charge is 2.46. The van der Waals surface area contributed by atoms with Gasteiger partial charge in [0.05, 0.1) is 18.4 Å². The van der Waals surface area contributed by atoms with Gasteiger partial charge in [-0.3, -0.25) is 14.5 Å². The number of fused-ring (bicyclic) bond motifs is 1. The number of rotatable bonds is 4. The number of carbonyl (C=O) groups excluding carboxylic acids is 2. The van der Waals surface area contributed by atoms with Gasteiger partial charge in [-0.25, -0.2) is 0 Å². The Morgan fingerprint density at radius 1 is 1.14 bits per heavy atom. The molecule has 1 aromatic carbocycles. The fourth-order valence-corrected chi connectivity index (χ4v) is 2.95.